The van der Waals surface area contributed by atoms with Crippen molar-refractivity contribution in [1.82, 2.24) is 5.32 Å². The molecule has 1 fully saturated rings. The van der Waals surface area contributed by atoms with Gasteiger partial charge < -0.3 is 10.1 Å². The Hall–Kier alpha value is -0.0800. The van der Waals surface area contributed by atoms with E-state index in [9.17, 15) is 0 Å². The standard InChI is InChI=1S/C12H25NO/c1-4-9-14-12-7-5-11(6-8-12)13-10(2)3/h10-13H,4-9H2,1-3H3/t11-,12-. The second-order valence-corrected chi connectivity index (χ2v) is 4.67. The van der Waals surface area contributed by atoms with Crippen molar-refractivity contribution in [3.05, 3.63) is 0 Å². The summed E-state index contributed by atoms with van der Waals surface area (Å²) in [6.07, 6.45) is 6.73. The van der Waals surface area contributed by atoms with Crippen LogP contribution in [-0.4, -0.2) is 24.8 Å². The summed E-state index contributed by atoms with van der Waals surface area (Å²) in [5, 5.41) is 3.60. The fraction of sp³-hybridized carbons (Fsp3) is 1.00. The normalized spacial score (nSPS) is 28.3. The molecule has 0 aromatic carbocycles. The zero-order chi connectivity index (χ0) is 10.4. The Labute approximate surface area is 88.4 Å². The zero-order valence-corrected chi connectivity index (χ0v) is 9.88. The molecule has 1 aliphatic carbocycles. The third kappa shape index (κ3) is 4.43. The van der Waals surface area contributed by atoms with E-state index in [0.29, 0.717) is 12.1 Å². The molecule has 0 unspecified atom stereocenters. The van der Waals surface area contributed by atoms with Gasteiger partial charge in [-0.25, -0.2) is 0 Å². The fourth-order valence-corrected chi connectivity index (χ4v) is 2.15. The summed E-state index contributed by atoms with van der Waals surface area (Å²) >= 11 is 0. The monoisotopic (exact) mass is 199 g/mol. The van der Waals surface area contributed by atoms with E-state index in [1.807, 2.05) is 0 Å². The van der Waals surface area contributed by atoms with Crippen LogP contribution in [0.15, 0.2) is 0 Å². The van der Waals surface area contributed by atoms with Gasteiger partial charge in [-0.3, -0.25) is 0 Å². The lowest BCUT2D eigenvalue weighted by atomic mass is 9.92. The van der Waals surface area contributed by atoms with Crippen LogP contribution in [0.1, 0.15) is 52.9 Å². The molecular formula is C12H25NO. The first kappa shape index (κ1) is 12.0. The molecule has 1 aliphatic rings. The van der Waals surface area contributed by atoms with Gasteiger partial charge >= 0.3 is 0 Å². The molecule has 0 aromatic heterocycles. The van der Waals surface area contributed by atoms with Crippen LogP contribution in [0.5, 0.6) is 0 Å². The van der Waals surface area contributed by atoms with Crippen LogP contribution >= 0.6 is 0 Å². The van der Waals surface area contributed by atoms with E-state index >= 15 is 0 Å². The van der Waals surface area contributed by atoms with Gasteiger partial charge in [0, 0.05) is 18.7 Å². The van der Waals surface area contributed by atoms with E-state index in [1.54, 1.807) is 0 Å². The van der Waals surface area contributed by atoms with Gasteiger partial charge in [-0.2, -0.15) is 0 Å². The minimum atomic E-state index is 0.542. The van der Waals surface area contributed by atoms with Crippen molar-refractivity contribution in [3.63, 3.8) is 0 Å². The van der Waals surface area contributed by atoms with Crippen molar-refractivity contribution in [2.24, 2.45) is 0 Å². The van der Waals surface area contributed by atoms with E-state index < -0.39 is 0 Å². The molecule has 0 saturated heterocycles. The van der Waals surface area contributed by atoms with Crippen molar-refractivity contribution in [3.8, 4) is 0 Å². The molecule has 84 valence electrons. The van der Waals surface area contributed by atoms with E-state index in [1.165, 1.54) is 25.7 Å². The lowest BCUT2D eigenvalue weighted by Gasteiger charge is -2.30. The maximum atomic E-state index is 5.76. The third-order valence-electron chi connectivity index (χ3n) is 2.80. The number of hydrogen-bond acceptors (Lipinski definition) is 2. The van der Waals surface area contributed by atoms with Crippen molar-refractivity contribution in [2.45, 2.75) is 71.1 Å². The molecule has 2 nitrogen and oxygen atoms in total. The van der Waals surface area contributed by atoms with Crippen molar-refractivity contribution < 1.29 is 4.74 Å². The molecule has 0 bridgehead atoms. The molecule has 0 atom stereocenters. The van der Waals surface area contributed by atoms with Gasteiger partial charge in [-0.15, -0.1) is 0 Å². The van der Waals surface area contributed by atoms with Gasteiger partial charge in [-0.05, 0) is 32.1 Å². The first-order valence-corrected chi connectivity index (χ1v) is 6.10. The SMILES string of the molecule is CCCO[C@H]1CC[C@H](NC(C)C)CC1. The Morgan fingerprint density at radius 3 is 2.36 bits per heavy atom. The number of hydrogen-bond donors (Lipinski definition) is 1. The van der Waals surface area contributed by atoms with Gasteiger partial charge in [-0.1, -0.05) is 20.8 Å². The maximum Gasteiger partial charge on any atom is 0.0576 e. The van der Waals surface area contributed by atoms with Crippen LogP contribution in [0.3, 0.4) is 0 Å². The van der Waals surface area contributed by atoms with Gasteiger partial charge in [0.05, 0.1) is 6.10 Å². The summed E-state index contributed by atoms with van der Waals surface area (Å²) in [7, 11) is 0. The van der Waals surface area contributed by atoms with Gasteiger partial charge in [0.25, 0.3) is 0 Å². The van der Waals surface area contributed by atoms with Gasteiger partial charge in [0.15, 0.2) is 0 Å². The highest BCUT2D eigenvalue weighted by atomic mass is 16.5. The van der Waals surface area contributed by atoms with Crippen LogP contribution in [0.2, 0.25) is 0 Å². The fourth-order valence-electron chi connectivity index (χ4n) is 2.15. The van der Waals surface area contributed by atoms with E-state index in [0.717, 1.165) is 19.1 Å². The Kier molecular flexibility index (Phi) is 5.49. The molecule has 2 heteroatoms. The van der Waals surface area contributed by atoms with Crippen LogP contribution in [0.25, 0.3) is 0 Å². The number of rotatable bonds is 5. The second kappa shape index (κ2) is 6.41. The first-order chi connectivity index (χ1) is 6.72. The first-order valence-electron chi connectivity index (χ1n) is 6.10. The summed E-state index contributed by atoms with van der Waals surface area (Å²) in [4.78, 5) is 0. The smallest absolute Gasteiger partial charge is 0.0576 e. The predicted molar refractivity (Wildman–Crippen MR) is 60.6 cm³/mol. The minimum absolute atomic E-state index is 0.542. The van der Waals surface area contributed by atoms with E-state index in [2.05, 4.69) is 26.1 Å². The molecule has 0 heterocycles. The molecule has 0 aliphatic heterocycles. The predicted octanol–water partition coefficient (Wildman–Crippen LogP) is 2.72. The highest BCUT2D eigenvalue weighted by Crippen LogP contribution is 2.21. The zero-order valence-electron chi connectivity index (χ0n) is 9.88. The molecule has 0 radical (unpaired) electrons. The molecule has 0 aromatic rings. The average Bonchev–Trinajstić information content (AvgIpc) is 2.16. The Balaban J connectivity index is 2.11. The van der Waals surface area contributed by atoms with Gasteiger partial charge in [0.2, 0.25) is 0 Å². The molecule has 1 saturated carbocycles. The number of nitrogens with one attached hydrogen (secondary N) is 1. The summed E-state index contributed by atoms with van der Waals surface area (Å²) < 4.78 is 5.76. The summed E-state index contributed by atoms with van der Waals surface area (Å²) in [5.74, 6) is 0. The summed E-state index contributed by atoms with van der Waals surface area (Å²) in [6, 6.07) is 1.35. The molecule has 0 spiro atoms. The highest BCUT2D eigenvalue weighted by Gasteiger charge is 2.21. The summed E-state index contributed by atoms with van der Waals surface area (Å²) in [5.41, 5.74) is 0. The minimum Gasteiger partial charge on any atom is -0.378 e. The van der Waals surface area contributed by atoms with Gasteiger partial charge in [0.1, 0.15) is 0 Å². The lowest BCUT2D eigenvalue weighted by molar-refractivity contribution is 0.0223. The van der Waals surface area contributed by atoms with E-state index in [-0.39, 0.29) is 0 Å². The van der Waals surface area contributed by atoms with Crippen molar-refractivity contribution >= 4 is 0 Å². The van der Waals surface area contributed by atoms with E-state index in [4.69, 9.17) is 4.74 Å². The quantitative estimate of drug-likeness (QED) is 0.735. The van der Waals surface area contributed by atoms with Crippen LogP contribution in [0.4, 0.5) is 0 Å². The molecular weight excluding hydrogens is 174 g/mol. The second-order valence-electron chi connectivity index (χ2n) is 4.67. The average molecular weight is 199 g/mol. The van der Waals surface area contributed by atoms with Crippen LogP contribution < -0.4 is 5.32 Å². The third-order valence-corrected chi connectivity index (χ3v) is 2.80. The molecule has 1 N–H and O–H groups in total. The highest BCUT2D eigenvalue weighted by molar-refractivity contribution is 4.78. The van der Waals surface area contributed by atoms with Crippen LogP contribution in [-0.2, 0) is 4.74 Å². The molecule has 1 rings (SSSR count). The number of ether oxygens (including phenoxy) is 1. The Bertz CT molecular complexity index is 139. The van der Waals surface area contributed by atoms with Crippen molar-refractivity contribution in [2.75, 3.05) is 6.61 Å². The topological polar surface area (TPSA) is 21.3 Å². The van der Waals surface area contributed by atoms with Crippen LogP contribution in [0, 0.1) is 0 Å². The molecule has 0 amide bonds. The Morgan fingerprint density at radius 1 is 1.21 bits per heavy atom. The lowest BCUT2D eigenvalue weighted by Crippen LogP contribution is -2.39. The maximum absolute atomic E-state index is 5.76. The van der Waals surface area contributed by atoms with Crippen molar-refractivity contribution in [1.29, 1.82) is 0 Å². The Morgan fingerprint density at radius 2 is 1.86 bits per heavy atom. The largest absolute Gasteiger partial charge is 0.378 e. The summed E-state index contributed by atoms with van der Waals surface area (Å²) in [6.45, 7) is 7.55. The molecule has 14 heavy (non-hydrogen) atoms.